The fraction of sp³-hybridized carbons (Fsp3) is 0.375. The molecule has 36 heavy (non-hydrogen) atoms. The highest BCUT2D eigenvalue weighted by Crippen LogP contribution is 2.30. The number of methoxy groups -OCH3 is 1. The molecule has 0 radical (unpaired) electrons. The number of rotatable bonds is 5. The number of anilines is 1. The number of hydrogen-bond acceptors (Lipinski definition) is 6. The maximum absolute atomic E-state index is 12.2. The van der Waals surface area contributed by atoms with E-state index in [9.17, 15) is 26.3 Å². The fourth-order valence-electron chi connectivity index (χ4n) is 2.68. The van der Waals surface area contributed by atoms with Crippen molar-refractivity contribution in [1.29, 1.82) is 0 Å². The van der Waals surface area contributed by atoms with E-state index in [1.807, 2.05) is 14.0 Å². The summed E-state index contributed by atoms with van der Waals surface area (Å²) in [7, 11) is 3.47. The van der Waals surface area contributed by atoms with Crippen LogP contribution in [-0.4, -0.2) is 43.0 Å². The van der Waals surface area contributed by atoms with E-state index in [2.05, 4.69) is 31.7 Å². The lowest BCUT2D eigenvalue weighted by Gasteiger charge is -2.09. The zero-order valence-electron chi connectivity index (χ0n) is 20.3. The SMILES string of the molecule is CNC1=CCCN=C1C.COC/C=C/Nc1ccc(C(F)(F)F)cn1.Cc1ncccc1C(F)(F)F. The fourth-order valence-corrected chi connectivity index (χ4v) is 2.68. The van der Waals surface area contributed by atoms with Crippen LogP contribution in [0.15, 0.2) is 65.7 Å². The monoisotopic (exact) mass is 517 g/mol. The number of nitrogens with zero attached hydrogens (tertiary/aromatic N) is 3. The number of aryl methyl sites for hydroxylation is 1. The minimum absolute atomic E-state index is 0.0139. The van der Waals surface area contributed by atoms with Crippen LogP contribution in [0.2, 0.25) is 0 Å². The summed E-state index contributed by atoms with van der Waals surface area (Å²) >= 11 is 0. The molecule has 0 fully saturated rings. The second-order valence-electron chi connectivity index (χ2n) is 7.19. The van der Waals surface area contributed by atoms with Crippen molar-refractivity contribution >= 4 is 11.5 Å². The Bertz CT molecular complexity index is 1010. The number of nitrogens with one attached hydrogen (secondary N) is 2. The van der Waals surface area contributed by atoms with Gasteiger partial charge in [0.05, 0.1) is 29.1 Å². The van der Waals surface area contributed by atoms with Crippen LogP contribution in [-0.2, 0) is 17.1 Å². The van der Waals surface area contributed by atoms with Gasteiger partial charge in [-0.2, -0.15) is 26.3 Å². The van der Waals surface area contributed by atoms with Gasteiger partial charge in [-0.05, 0) is 50.6 Å². The minimum Gasteiger partial charge on any atom is -0.387 e. The van der Waals surface area contributed by atoms with E-state index >= 15 is 0 Å². The maximum atomic E-state index is 12.2. The van der Waals surface area contributed by atoms with Gasteiger partial charge in [0.15, 0.2) is 0 Å². The van der Waals surface area contributed by atoms with Crippen molar-refractivity contribution in [3.63, 3.8) is 0 Å². The van der Waals surface area contributed by atoms with Crippen LogP contribution in [0.3, 0.4) is 0 Å². The van der Waals surface area contributed by atoms with Crippen LogP contribution < -0.4 is 10.6 Å². The first-order valence-corrected chi connectivity index (χ1v) is 10.7. The molecule has 2 aromatic heterocycles. The molecular weight excluding hydrogens is 488 g/mol. The van der Waals surface area contributed by atoms with Crippen LogP contribution in [0.4, 0.5) is 32.2 Å². The predicted octanol–water partition coefficient (Wildman–Crippen LogP) is 6.04. The maximum Gasteiger partial charge on any atom is 0.418 e. The van der Waals surface area contributed by atoms with E-state index in [1.165, 1.54) is 31.0 Å². The summed E-state index contributed by atoms with van der Waals surface area (Å²) < 4.78 is 77.3. The summed E-state index contributed by atoms with van der Waals surface area (Å²) in [6.07, 6.45) is -0.0128. The van der Waals surface area contributed by atoms with E-state index in [-0.39, 0.29) is 5.69 Å². The quantitative estimate of drug-likeness (QED) is 0.474. The van der Waals surface area contributed by atoms with Gasteiger partial charge in [-0.15, -0.1) is 0 Å². The smallest absolute Gasteiger partial charge is 0.387 e. The number of allylic oxidation sites excluding steroid dienone is 1. The first-order valence-electron chi connectivity index (χ1n) is 10.7. The minimum atomic E-state index is -4.35. The molecule has 198 valence electrons. The molecule has 0 unspecified atom stereocenters. The highest BCUT2D eigenvalue weighted by Gasteiger charge is 2.32. The second kappa shape index (κ2) is 14.9. The van der Waals surface area contributed by atoms with E-state index in [0.29, 0.717) is 12.4 Å². The molecule has 0 aliphatic carbocycles. The molecule has 6 nitrogen and oxygen atoms in total. The first-order chi connectivity index (χ1) is 16.9. The van der Waals surface area contributed by atoms with Gasteiger partial charge in [0, 0.05) is 45.0 Å². The van der Waals surface area contributed by atoms with Crippen molar-refractivity contribution in [3.8, 4) is 0 Å². The molecule has 0 saturated heterocycles. The molecule has 2 aromatic rings. The molecule has 2 N–H and O–H groups in total. The lowest BCUT2D eigenvalue weighted by atomic mass is 10.2. The highest BCUT2D eigenvalue weighted by atomic mass is 19.4. The number of aromatic nitrogens is 2. The Morgan fingerprint density at radius 3 is 2.19 bits per heavy atom. The van der Waals surface area contributed by atoms with Crippen molar-refractivity contribution in [2.45, 2.75) is 32.6 Å². The van der Waals surface area contributed by atoms with Gasteiger partial charge in [0.25, 0.3) is 0 Å². The topological polar surface area (TPSA) is 71.4 Å². The molecule has 1 aliphatic heterocycles. The van der Waals surface area contributed by atoms with E-state index < -0.39 is 23.5 Å². The number of halogens is 6. The Hall–Kier alpha value is -3.41. The summed E-state index contributed by atoms with van der Waals surface area (Å²) in [5.74, 6) is 0.348. The number of ether oxygens (including phenoxy) is 1. The van der Waals surface area contributed by atoms with Gasteiger partial charge < -0.3 is 15.4 Å². The third kappa shape index (κ3) is 11.3. The van der Waals surface area contributed by atoms with Crippen molar-refractivity contribution in [2.75, 3.05) is 32.6 Å². The predicted molar refractivity (Wildman–Crippen MR) is 128 cm³/mol. The summed E-state index contributed by atoms with van der Waals surface area (Å²) in [4.78, 5) is 11.4. The van der Waals surface area contributed by atoms with Gasteiger partial charge in [0.1, 0.15) is 5.82 Å². The molecule has 3 rings (SSSR count). The van der Waals surface area contributed by atoms with Crippen LogP contribution in [0, 0.1) is 6.92 Å². The summed E-state index contributed by atoms with van der Waals surface area (Å²) in [6.45, 7) is 4.75. The molecule has 1 aliphatic rings. The van der Waals surface area contributed by atoms with Crippen molar-refractivity contribution in [3.05, 3.63) is 77.5 Å². The molecule has 0 saturated carbocycles. The van der Waals surface area contributed by atoms with Gasteiger partial charge in [-0.3, -0.25) is 9.98 Å². The largest absolute Gasteiger partial charge is 0.418 e. The van der Waals surface area contributed by atoms with Crippen molar-refractivity contribution < 1.29 is 31.1 Å². The van der Waals surface area contributed by atoms with Gasteiger partial charge in [-0.25, -0.2) is 4.98 Å². The molecule has 0 aromatic carbocycles. The standard InChI is InChI=1S/C10H11F3N2O.C7H6F3N.C7H12N2/c1-16-6-2-5-14-9-4-3-8(7-15-9)10(11,12)13;1-5-6(7(8,9)10)3-2-4-11-5;1-6-7(8-2)4-3-5-9-6/h2-5,7H,6H2,1H3,(H,14,15);2-4H,1H3;4,8H,3,5H2,1-2H3/b5-2+;;. The van der Waals surface area contributed by atoms with E-state index in [4.69, 9.17) is 4.74 Å². The summed E-state index contributed by atoms with van der Waals surface area (Å²) in [5, 5.41) is 5.80. The number of dihydropyridines is 1. The van der Waals surface area contributed by atoms with E-state index in [1.54, 1.807) is 19.4 Å². The molecule has 0 bridgehead atoms. The number of alkyl halides is 6. The zero-order chi connectivity index (χ0) is 27.2. The Morgan fingerprint density at radius 2 is 1.75 bits per heavy atom. The molecule has 0 spiro atoms. The average molecular weight is 518 g/mol. The third-order valence-electron chi connectivity index (χ3n) is 4.50. The van der Waals surface area contributed by atoms with Gasteiger partial charge in [0.2, 0.25) is 0 Å². The third-order valence-corrected chi connectivity index (χ3v) is 4.50. The Labute approximate surface area is 206 Å². The zero-order valence-corrected chi connectivity index (χ0v) is 20.3. The lowest BCUT2D eigenvalue weighted by molar-refractivity contribution is -0.138. The lowest BCUT2D eigenvalue weighted by Crippen LogP contribution is -2.16. The van der Waals surface area contributed by atoms with Gasteiger partial charge >= 0.3 is 12.4 Å². The normalized spacial score (nSPS) is 13.5. The summed E-state index contributed by atoms with van der Waals surface area (Å²) in [5.41, 5.74) is 0.893. The summed E-state index contributed by atoms with van der Waals surface area (Å²) in [6, 6.07) is 4.53. The Kier molecular flexibility index (Phi) is 12.6. The van der Waals surface area contributed by atoms with Gasteiger partial charge in [-0.1, -0.05) is 6.08 Å². The molecule has 3 heterocycles. The second-order valence-corrected chi connectivity index (χ2v) is 7.19. The average Bonchev–Trinajstić information content (AvgIpc) is 2.82. The molecule has 12 heteroatoms. The van der Waals surface area contributed by atoms with E-state index in [0.717, 1.165) is 37.0 Å². The van der Waals surface area contributed by atoms with Crippen molar-refractivity contribution in [1.82, 2.24) is 15.3 Å². The Balaban J connectivity index is 0.000000283. The molecule has 0 amide bonds. The van der Waals surface area contributed by atoms with Crippen molar-refractivity contribution in [2.24, 2.45) is 4.99 Å². The van der Waals surface area contributed by atoms with Crippen LogP contribution in [0.1, 0.15) is 30.2 Å². The number of aliphatic imine (C=N–C) groups is 1. The molecule has 0 atom stereocenters. The Morgan fingerprint density at radius 1 is 1.03 bits per heavy atom. The van der Waals surface area contributed by atoms with Crippen LogP contribution in [0.25, 0.3) is 0 Å². The molecular formula is C24H29F6N5O. The first kappa shape index (κ1) is 30.6. The number of pyridine rings is 2. The number of hydrogen-bond donors (Lipinski definition) is 2. The van der Waals surface area contributed by atoms with Crippen LogP contribution in [0.5, 0.6) is 0 Å². The highest BCUT2D eigenvalue weighted by molar-refractivity contribution is 5.98. The van der Waals surface area contributed by atoms with Crippen LogP contribution >= 0.6 is 0 Å².